The molecule has 0 aliphatic rings. The molecule has 0 fully saturated rings. The third kappa shape index (κ3) is 3.59. The molecule has 1 aromatic carbocycles. The zero-order chi connectivity index (χ0) is 11.3. The molecular weight excluding hydrogens is 230 g/mol. The monoisotopic (exact) mass is 241 g/mol. The highest BCUT2D eigenvalue weighted by molar-refractivity contribution is 7.89. The second-order valence-electron chi connectivity index (χ2n) is 2.82. The van der Waals surface area contributed by atoms with Crippen molar-refractivity contribution in [2.45, 2.75) is 11.3 Å². The van der Waals surface area contributed by atoms with Crippen LogP contribution in [0.2, 0.25) is 0 Å². The lowest BCUT2D eigenvalue weighted by atomic mass is 10.2. The van der Waals surface area contributed by atoms with E-state index in [0.717, 1.165) is 0 Å². The first-order chi connectivity index (χ1) is 7.05. The zero-order valence-electron chi connectivity index (χ0n) is 7.97. The normalized spacial score (nSPS) is 10.5. The SMILES string of the molecule is NS(=O)(=O)c1ccccc1C#CCCS. The molecule has 0 amide bonds. The molecule has 0 atom stereocenters. The Labute approximate surface area is 95.1 Å². The van der Waals surface area contributed by atoms with E-state index >= 15 is 0 Å². The van der Waals surface area contributed by atoms with Gasteiger partial charge in [-0.25, -0.2) is 13.6 Å². The van der Waals surface area contributed by atoms with Crippen molar-refractivity contribution >= 4 is 22.7 Å². The van der Waals surface area contributed by atoms with Gasteiger partial charge in [-0.05, 0) is 12.1 Å². The maximum atomic E-state index is 11.2. The summed E-state index contributed by atoms with van der Waals surface area (Å²) in [6, 6.07) is 6.41. The number of hydrogen-bond donors (Lipinski definition) is 2. The molecule has 0 bridgehead atoms. The van der Waals surface area contributed by atoms with Crippen molar-refractivity contribution < 1.29 is 8.42 Å². The smallest absolute Gasteiger partial charge is 0.225 e. The van der Waals surface area contributed by atoms with E-state index in [1.54, 1.807) is 18.2 Å². The summed E-state index contributed by atoms with van der Waals surface area (Å²) >= 11 is 4.00. The number of sulfonamides is 1. The first-order valence-corrected chi connectivity index (χ1v) is 6.45. The molecule has 3 nitrogen and oxygen atoms in total. The van der Waals surface area contributed by atoms with Gasteiger partial charge in [-0.15, -0.1) is 0 Å². The molecule has 2 N–H and O–H groups in total. The van der Waals surface area contributed by atoms with Crippen molar-refractivity contribution in [2.24, 2.45) is 5.14 Å². The van der Waals surface area contributed by atoms with Gasteiger partial charge in [-0.3, -0.25) is 0 Å². The van der Waals surface area contributed by atoms with E-state index in [4.69, 9.17) is 5.14 Å². The largest absolute Gasteiger partial charge is 0.239 e. The minimum absolute atomic E-state index is 0.0664. The Morgan fingerprint density at radius 2 is 2.00 bits per heavy atom. The molecule has 0 aliphatic heterocycles. The molecule has 1 aromatic rings. The van der Waals surface area contributed by atoms with Crippen molar-refractivity contribution in [3.05, 3.63) is 29.8 Å². The Morgan fingerprint density at radius 3 is 2.60 bits per heavy atom. The van der Waals surface area contributed by atoms with Crippen LogP contribution < -0.4 is 5.14 Å². The number of hydrogen-bond acceptors (Lipinski definition) is 3. The van der Waals surface area contributed by atoms with Crippen molar-refractivity contribution in [3.8, 4) is 11.8 Å². The van der Waals surface area contributed by atoms with E-state index in [0.29, 0.717) is 17.7 Å². The summed E-state index contributed by atoms with van der Waals surface area (Å²) in [5, 5.41) is 5.05. The highest BCUT2D eigenvalue weighted by Gasteiger charge is 2.10. The Hall–Kier alpha value is -0.960. The van der Waals surface area contributed by atoms with E-state index in [2.05, 4.69) is 24.5 Å². The molecule has 0 aliphatic carbocycles. The number of benzene rings is 1. The Morgan fingerprint density at radius 1 is 1.33 bits per heavy atom. The molecule has 0 radical (unpaired) electrons. The highest BCUT2D eigenvalue weighted by atomic mass is 32.2. The Kier molecular flexibility index (Phi) is 4.21. The standard InChI is InChI=1S/C10H11NO2S2/c11-15(12,13)10-7-2-1-5-9(10)6-3-4-8-14/h1-2,5,7,14H,4,8H2,(H2,11,12,13). The first kappa shape index (κ1) is 12.1. The molecule has 0 unspecified atom stereocenters. The number of thiol groups is 1. The molecule has 0 spiro atoms. The van der Waals surface area contributed by atoms with E-state index in [-0.39, 0.29) is 4.90 Å². The molecule has 5 heteroatoms. The molecule has 15 heavy (non-hydrogen) atoms. The van der Waals surface area contributed by atoms with Crippen molar-refractivity contribution in [2.75, 3.05) is 5.75 Å². The third-order valence-corrected chi connectivity index (χ3v) is 2.85. The van der Waals surface area contributed by atoms with Crippen LogP contribution in [0, 0.1) is 11.8 Å². The predicted octanol–water partition coefficient (Wildman–Crippen LogP) is 1.01. The molecule has 0 heterocycles. The number of nitrogens with two attached hydrogens (primary N) is 1. The second-order valence-corrected chi connectivity index (χ2v) is 4.79. The molecule has 0 saturated carbocycles. The van der Waals surface area contributed by atoms with Gasteiger partial charge in [0, 0.05) is 17.7 Å². The fourth-order valence-electron chi connectivity index (χ4n) is 1.03. The quantitative estimate of drug-likeness (QED) is 0.599. The van der Waals surface area contributed by atoms with Gasteiger partial charge in [0.15, 0.2) is 0 Å². The van der Waals surface area contributed by atoms with E-state index < -0.39 is 10.0 Å². The van der Waals surface area contributed by atoms with Crippen LogP contribution in [0.4, 0.5) is 0 Å². The molecule has 80 valence electrons. The lowest BCUT2D eigenvalue weighted by molar-refractivity contribution is 0.597. The third-order valence-electron chi connectivity index (χ3n) is 1.65. The average Bonchev–Trinajstić information content (AvgIpc) is 2.17. The van der Waals surface area contributed by atoms with Gasteiger partial charge < -0.3 is 0 Å². The van der Waals surface area contributed by atoms with Gasteiger partial charge in [0.05, 0.1) is 4.90 Å². The Bertz CT molecular complexity index is 498. The van der Waals surface area contributed by atoms with Crippen molar-refractivity contribution in [1.82, 2.24) is 0 Å². The van der Waals surface area contributed by atoms with Crippen LogP contribution in [-0.2, 0) is 10.0 Å². The van der Waals surface area contributed by atoms with Gasteiger partial charge in [0.25, 0.3) is 0 Å². The summed E-state index contributed by atoms with van der Waals surface area (Å²) in [5.74, 6) is 6.22. The molecule has 0 aromatic heterocycles. The van der Waals surface area contributed by atoms with Crippen LogP contribution >= 0.6 is 12.6 Å². The predicted molar refractivity (Wildman–Crippen MR) is 63.2 cm³/mol. The Balaban J connectivity index is 3.15. The lowest BCUT2D eigenvalue weighted by Crippen LogP contribution is -2.13. The maximum Gasteiger partial charge on any atom is 0.239 e. The minimum atomic E-state index is -3.69. The van der Waals surface area contributed by atoms with Gasteiger partial charge in [0.2, 0.25) is 10.0 Å². The van der Waals surface area contributed by atoms with Gasteiger partial charge >= 0.3 is 0 Å². The summed E-state index contributed by atoms with van der Waals surface area (Å²) in [5.41, 5.74) is 0.432. The molecular formula is C10H11NO2S2. The van der Waals surface area contributed by atoms with Crippen LogP contribution in [0.5, 0.6) is 0 Å². The summed E-state index contributed by atoms with van der Waals surface area (Å²) in [6.45, 7) is 0. The van der Waals surface area contributed by atoms with Crippen LogP contribution in [0.15, 0.2) is 29.2 Å². The van der Waals surface area contributed by atoms with Gasteiger partial charge in [-0.2, -0.15) is 12.6 Å². The number of primary sulfonamides is 1. The van der Waals surface area contributed by atoms with Gasteiger partial charge in [0.1, 0.15) is 0 Å². The van der Waals surface area contributed by atoms with Crippen LogP contribution in [0.3, 0.4) is 0 Å². The van der Waals surface area contributed by atoms with E-state index in [1.807, 2.05) is 0 Å². The summed E-state index contributed by atoms with van der Waals surface area (Å²) < 4.78 is 22.4. The maximum absolute atomic E-state index is 11.2. The van der Waals surface area contributed by atoms with Gasteiger partial charge in [-0.1, -0.05) is 24.0 Å². The number of rotatable bonds is 2. The van der Waals surface area contributed by atoms with Crippen LogP contribution in [-0.4, -0.2) is 14.2 Å². The summed E-state index contributed by atoms with van der Waals surface area (Å²) in [7, 11) is -3.69. The fourth-order valence-corrected chi connectivity index (χ4v) is 1.84. The van der Waals surface area contributed by atoms with E-state index in [9.17, 15) is 8.42 Å². The molecule has 0 saturated heterocycles. The molecule has 1 rings (SSSR count). The van der Waals surface area contributed by atoms with Crippen LogP contribution in [0.1, 0.15) is 12.0 Å². The van der Waals surface area contributed by atoms with E-state index in [1.165, 1.54) is 6.07 Å². The van der Waals surface area contributed by atoms with Crippen molar-refractivity contribution in [3.63, 3.8) is 0 Å². The highest BCUT2D eigenvalue weighted by Crippen LogP contribution is 2.11. The lowest BCUT2D eigenvalue weighted by Gasteiger charge is -2.00. The minimum Gasteiger partial charge on any atom is -0.225 e. The fraction of sp³-hybridized carbons (Fsp3) is 0.200. The first-order valence-electron chi connectivity index (χ1n) is 4.27. The topological polar surface area (TPSA) is 60.2 Å². The average molecular weight is 241 g/mol. The summed E-state index contributed by atoms with van der Waals surface area (Å²) in [4.78, 5) is 0.0664. The second kappa shape index (κ2) is 5.21. The zero-order valence-corrected chi connectivity index (χ0v) is 9.68. The van der Waals surface area contributed by atoms with Crippen LogP contribution in [0.25, 0.3) is 0 Å². The summed E-state index contributed by atoms with van der Waals surface area (Å²) in [6.07, 6.45) is 0.613. The van der Waals surface area contributed by atoms with Crippen molar-refractivity contribution in [1.29, 1.82) is 0 Å².